The van der Waals surface area contributed by atoms with Crippen molar-refractivity contribution in [3.05, 3.63) is 158 Å². The van der Waals surface area contributed by atoms with E-state index in [1.54, 1.807) is 0 Å². The highest BCUT2D eigenvalue weighted by Gasteiger charge is 2.17. The van der Waals surface area contributed by atoms with E-state index >= 15 is 0 Å². The molecule has 0 rings (SSSR count). The Morgan fingerprint density at radius 3 is 1.04 bits per heavy atom. The van der Waals surface area contributed by atoms with E-state index in [0.717, 1.165) is 141 Å². The second-order valence-electron chi connectivity index (χ2n) is 17.7. The van der Waals surface area contributed by atoms with Gasteiger partial charge in [0.1, 0.15) is 6.61 Å². The van der Waals surface area contributed by atoms with Crippen LogP contribution in [0, 0.1) is 0 Å². The Morgan fingerprint density at radius 2 is 0.643 bits per heavy atom. The number of carbonyl (C=O) groups is 2. The summed E-state index contributed by atoms with van der Waals surface area (Å²) in [6.45, 7) is 7.36. The van der Waals surface area contributed by atoms with E-state index in [0.29, 0.717) is 19.4 Å². The number of rotatable bonds is 49. The molecule has 0 amide bonds. The van der Waals surface area contributed by atoms with E-state index in [1.165, 1.54) is 38.5 Å². The lowest BCUT2D eigenvalue weighted by Gasteiger charge is -2.18. The summed E-state index contributed by atoms with van der Waals surface area (Å²) in [7, 11) is 0. The Kier molecular flexibility index (Phi) is 55.1. The predicted molar refractivity (Wildman–Crippen MR) is 306 cm³/mol. The van der Waals surface area contributed by atoms with E-state index < -0.39 is 6.10 Å². The van der Waals surface area contributed by atoms with Crippen molar-refractivity contribution in [1.82, 2.24) is 0 Å². The van der Waals surface area contributed by atoms with Gasteiger partial charge in [0.25, 0.3) is 0 Å². The number of allylic oxidation sites excluding steroid dienone is 26. The quantitative estimate of drug-likeness (QED) is 0.0345. The Morgan fingerprint density at radius 1 is 0.329 bits per heavy atom. The minimum Gasteiger partial charge on any atom is -0.462 e. The Hall–Kier alpha value is -4.48. The highest BCUT2D eigenvalue weighted by molar-refractivity contribution is 5.70. The first-order chi connectivity index (χ1) is 34.6. The molecule has 0 fully saturated rings. The Balaban J connectivity index is 4.50. The van der Waals surface area contributed by atoms with Crippen LogP contribution in [0.1, 0.15) is 213 Å². The molecule has 0 heterocycles. The van der Waals surface area contributed by atoms with Crippen molar-refractivity contribution in [2.75, 3.05) is 19.8 Å². The number of carbonyl (C=O) groups excluding carboxylic acids is 2. The van der Waals surface area contributed by atoms with Crippen molar-refractivity contribution in [3.63, 3.8) is 0 Å². The van der Waals surface area contributed by atoms with Gasteiger partial charge >= 0.3 is 11.9 Å². The first-order valence-electron chi connectivity index (χ1n) is 28.0. The van der Waals surface area contributed by atoms with Crippen LogP contribution in [0.25, 0.3) is 0 Å². The molecular formula is C65H102O5. The summed E-state index contributed by atoms with van der Waals surface area (Å²) in [4.78, 5) is 25.5. The molecule has 70 heavy (non-hydrogen) atoms. The van der Waals surface area contributed by atoms with Crippen molar-refractivity contribution >= 4 is 11.9 Å². The van der Waals surface area contributed by atoms with Crippen LogP contribution < -0.4 is 0 Å². The van der Waals surface area contributed by atoms with Gasteiger partial charge < -0.3 is 14.2 Å². The molecule has 0 spiro atoms. The third kappa shape index (κ3) is 56.1. The standard InChI is InChI=1S/C65H102O5/c1-4-7-10-13-16-19-22-25-28-30-32-34-36-39-42-45-48-51-54-57-60-68-61-63(70-65(67)59-56-53-50-47-44-41-37-27-24-21-18-15-12-9-6-3)62-69-64(66)58-55-52-49-46-43-40-38-35-33-31-29-26-23-20-17-14-11-8-5-2/h7-8,10-11,16-21,25-29,32-35,37,39-40,42-43,48,51,63H,4-6,9,12-15,22-24,30-31,36,38,41,44-47,49-50,52-62H2,1-3H3/b10-7-,11-8-,19-16-,20-17-,21-18-,28-25-,29-26-,34-32-,35-33-,37-27-,42-39-,43-40-,51-48-. The minimum absolute atomic E-state index is 0.0277. The molecule has 0 aromatic rings. The van der Waals surface area contributed by atoms with Gasteiger partial charge in [-0.1, -0.05) is 217 Å². The average molecular weight is 964 g/mol. The molecular weight excluding hydrogens is 861 g/mol. The molecule has 0 aliphatic heterocycles. The monoisotopic (exact) mass is 963 g/mol. The van der Waals surface area contributed by atoms with Gasteiger partial charge in [-0.3, -0.25) is 9.59 Å². The first-order valence-corrected chi connectivity index (χ1v) is 28.0. The van der Waals surface area contributed by atoms with E-state index in [4.69, 9.17) is 14.2 Å². The summed E-state index contributed by atoms with van der Waals surface area (Å²) in [5, 5.41) is 0. The van der Waals surface area contributed by atoms with Crippen LogP contribution in [0.5, 0.6) is 0 Å². The zero-order valence-corrected chi connectivity index (χ0v) is 45.0. The molecule has 0 radical (unpaired) electrons. The molecule has 0 aromatic carbocycles. The molecule has 0 aliphatic carbocycles. The fraction of sp³-hybridized carbons (Fsp3) is 0.569. The zero-order valence-electron chi connectivity index (χ0n) is 45.0. The molecule has 1 atom stereocenters. The second-order valence-corrected chi connectivity index (χ2v) is 17.7. The summed E-state index contributed by atoms with van der Waals surface area (Å²) >= 11 is 0. The fourth-order valence-corrected chi connectivity index (χ4v) is 6.93. The molecule has 0 N–H and O–H groups in total. The third-order valence-corrected chi connectivity index (χ3v) is 11.0. The van der Waals surface area contributed by atoms with E-state index in [2.05, 4.69) is 179 Å². The summed E-state index contributed by atoms with van der Waals surface area (Å²) < 4.78 is 17.3. The summed E-state index contributed by atoms with van der Waals surface area (Å²) in [6, 6.07) is 0. The van der Waals surface area contributed by atoms with Crippen LogP contribution in [0.4, 0.5) is 0 Å². The van der Waals surface area contributed by atoms with Crippen molar-refractivity contribution < 1.29 is 23.8 Å². The SMILES string of the molecule is CC/C=C\C/C=C\C/C=C\C/C=C\C/C=C\C/C=C\CCCOCC(COC(=O)CCCCC/C=C\C/C=C\C/C=C\C/C=C\C/C=C\CC)OC(=O)CCCCCCC/C=C\C/C=C\CCCCC. The number of esters is 2. The molecule has 0 saturated heterocycles. The highest BCUT2D eigenvalue weighted by atomic mass is 16.6. The molecule has 0 aromatic heterocycles. The third-order valence-electron chi connectivity index (χ3n) is 11.0. The molecule has 5 nitrogen and oxygen atoms in total. The second kappa shape index (κ2) is 58.8. The van der Waals surface area contributed by atoms with Gasteiger partial charge in [-0.2, -0.15) is 0 Å². The van der Waals surface area contributed by atoms with E-state index in [-0.39, 0.29) is 25.2 Å². The maximum Gasteiger partial charge on any atom is 0.306 e. The summed E-state index contributed by atoms with van der Waals surface area (Å²) in [6.07, 6.45) is 87.0. The van der Waals surface area contributed by atoms with Gasteiger partial charge in [-0.25, -0.2) is 0 Å². The molecule has 0 bridgehead atoms. The summed E-state index contributed by atoms with van der Waals surface area (Å²) in [5.41, 5.74) is 0. The molecule has 0 saturated carbocycles. The molecule has 0 aliphatic rings. The van der Waals surface area contributed by atoms with Gasteiger partial charge in [0.05, 0.1) is 6.61 Å². The maximum atomic E-state index is 12.8. The van der Waals surface area contributed by atoms with Crippen LogP contribution in [-0.4, -0.2) is 37.9 Å². The van der Waals surface area contributed by atoms with Crippen LogP contribution in [0.2, 0.25) is 0 Å². The smallest absolute Gasteiger partial charge is 0.306 e. The van der Waals surface area contributed by atoms with Crippen molar-refractivity contribution in [1.29, 1.82) is 0 Å². The minimum atomic E-state index is -0.601. The lowest BCUT2D eigenvalue weighted by molar-refractivity contribution is -0.163. The topological polar surface area (TPSA) is 61.8 Å². The van der Waals surface area contributed by atoms with Crippen molar-refractivity contribution in [3.8, 4) is 0 Å². The van der Waals surface area contributed by atoms with Gasteiger partial charge in [0, 0.05) is 19.4 Å². The first kappa shape index (κ1) is 65.5. The number of ether oxygens (including phenoxy) is 3. The van der Waals surface area contributed by atoms with Gasteiger partial charge in [0.15, 0.2) is 6.10 Å². The van der Waals surface area contributed by atoms with Gasteiger partial charge in [0.2, 0.25) is 0 Å². The van der Waals surface area contributed by atoms with Gasteiger partial charge in [-0.15, -0.1) is 0 Å². The number of unbranched alkanes of at least 4 members (excludes halogenated alkanes) is 12. The Bertz CT molecular complexity index is 1560. The maximum absolute atomic E-state index is 12.8. The lowest BCUT2D eigenvalue weighted by Crippen LogP contribution is -2.30. The fourth-order valence-electron chi connectivity index (χ4n) is 6.93. The molecule has 5 heteroatoms. The summed E-state index contributed by atoms with van der Waals surface area (Å²) in [5.74, 6) is -0.495. The van der Waals surface area contributed by atoms with Crippen LogP contribution in [0.3, 0.4) is 0 Å². The largest absolute Gasteiger partial charge is 0.462 e. The van der Waals surface area contributed by atoms with Crippen LogP contribution in [0.15, 0.2) is 158 Å². The number of hydrogen-bond donors (Lipinski definition) is 0. The molecule has 392 valence electrons. The number of hydrogen-bond acceptors (Lipinski definition) is 5. The van der Waals surface area contributed by atoms with Crippen molar-refractivity contribution in [2.45, 2.75) is 219 Å². The van der Waals surface area contributed by atoms with Gasteiger partial charge in [-0.05, 0) is 141 Å². The zero-order chi connectivity index (χ0) is 50.6. The van der Waals surface area contributed by atoms with E-state index in [1.807, 2.05) is 0 Å². The Labute approximate surface area is 431 Å². The normalized spacial score (nSPS) is 13.5. The van der Waals surface area contributed by atoms with E-state index in [9.17, 15) is 9.59 Å². The molecule has 1 unspecified atom stereocenters. The lowest BCUT2D eigenvalue weighted by atomic mass is 10.1. The van der Waals surface area contributed by atoms with Crippen LogP contribution >= 0.6 is 0 Å². The average Bonchev–Trinajstić information content (AvgIpc) is 3.36. The highest BCUT2D eigenvalue weighted by Crippen LogP contribution is 2.11. The van der Waals surface area contributed by atoms with Crippen molar-refractivity contribution in [2.24, 2.45) is 0 Å². The van der Waals surface area contributed by atoms with Crippen LogP contribution in [-0.2, 0) is 23.8 Å². The predicted octanol–water partition coefficient (Wildman–Crippen LogP) is 19.5.